The van der Waals surface area contributed by atoms with Gasteiger partial charge in [-0.15, -0.1) is 0 Å². The van der Waals surface area contributed by atoms with Gasteiger partial charge in [-0.25, -0.2) is 4.39 Å². The maximum absolute atomic E-state index is 14.4. The van der Waals surface area contributed by atoms with E-state index in [4.69, 9.17) is 0 Å². The number of hydrogen-bond acceptors (Lipinski definition) is 0. The van der Waals surface area contributed by atoms with Gasteiger partial charge in [0.15, 0.2) is 0 Å². The predicted octanol–water partition coefficient (Wildman–Crippen LogP) is 5.41. The van der Waals surface area contributed by atoms with Crippen molar-refractivity contribution in [2.45, 2.75) is 66.7 Å². The third-order valence-corrected chi connectivity index (χ3v) is 5.21. The molecule has 0 heterocycles. The summed E-state index contributed by atoms with van der Waals surface area (Å²) in [6, 6.07) is 4.13. The number of aryl methyl sites for hydroxylation is 1. The molecular formula is C18H27F. The van der Waals surface area contributed by atoms with Crippen molar-refractivity contribution in [2.24, 2.45) is 10.8 Å². The van der Waals surface area contributed by atoms with Crippen LogP contribution in [-0.4, -0.2) is 0 Å². The molecule has 19 heavy (non-hydrogen) atoms. The van der Waals surface area contributed by atoms with Gasteiger partial charge < -0.3 is 0 Å². The molecule has 1 aliphatic carbocycles. The Balaban J connectivity index is 2.76. The number of rotatable bonds is 0. The van der Waals surface area contributed by atoms with Crippen LogP contribution in [0, 0.1) is 23.6 Å². The Bertz CT molecular complexity index is 484. The summed E-state index contributed by atoms with van der Waals surface area (Å²) in [7, 11) is 0. The van der Waals surface area contributed by atoms with E-state index >= 15 is 0 Å². The van der Waals surface area contributed by atoms with E-state index in [2.05, 4.69) is 47.6 Å². The van der Waals surface area contributed by atoms with E-state index in [9.17, 15) is 4.39 Å². The number of hydrogen-bond donors (Lipinski definition) is 0. The van der Waals surface area contributed by atoms with Crippen LogP contribution in [0.3, 0.4) is 0 Å². The fourth-order valence-electron chi connectivity index (χ4n) is 4.51. The minimum absolute atomic E-state index is 0.0212. The van der Waals surface area contributed by atoms with Gasteiger partial charge in [-0.2, -0.15) is 0 Å². The summed E-state index contributed by atoms with van der Waals surface area (Å²) < 4.78 is 14.4. The minimum atomic E-state index is 0.0212. The molecule has 0 saturated heterocycles. The number of halogens is 1. The fraction of sp³-hybridized carbons (Fsp3) is 0.667. The monoisotopic (exact) mass is 262 g/mol. The Morgan fingerprint density at radius 3 is 2.00 bits per heavy atom. The topological polar surface area (TPSA) is 0 Å². The molecular weight excluding hydrogens is 235 g/mol. The third kappa shape index (κ3) is 1.85. The zero-order chi connectivity index (χ0) is 14.6. The molecule has 0 aromatic heterocycles. The Labute approximate surface area is 117 Å². The smallest absolute Gasteiger partial charge is 0.129 e. The van der Waals surface area contributed by atoms with E-state index in [0.29, 0.717) is 0 Å². The quantitative estimate of drug-likeness (QED) is 0.586. The van der Waals surface area contributed by atoms with Crippen molar-refractivity contribution in [3.63, 3.8) is 0 Å². The van der Waals surface area contributed by atoms with Crippen molar-refractivity contribution >= 4 is 0 Å². The third-order valence-electron chi connectivity index (χ3n) is 5.21. The van der Waals surface area contributed by atoms with Crippen LogP contribution in [0.2, 0.25) is 0 Å². The Hall–Kier alpha value is -0.850. The maximum Gasteiger partial charge on any atom is 0.129 e. The van der Waals surface area contributed by atoms with E-state index in [1.54, 1.807) is 0 Å². The predicted molar refractivity (Wildman–Crippen MR) is 80.0 cm³/mol. The molecule has 0 atom stereocenters. The zero-order valence-electron chi connectivity index (χ0n) is 13.4. The van der Waals surface area contributed by atoms with E-state index in [-0.39, 0.29) is 22.1 Å². The van der Waals surface area contributed by atoms with Gasteiger partial charge in [0.25, 0.3) is 0 Å². The summed E-state index contributed by atoms with van der Waals surface area (Å²) in [5.74, 6) is 0.0212. The van der Waals surface area contributed by atoms with E-state index in [1.165, 1.54) is 5.56 Å². The van der Waals surface area contributed by atoms with Gasteiger partial charge in [-0.1, -0.05) is 53.7 Å². The first-order chi connectivity index (χ1) is 8.52. The fourth-order valence-corrected chi connectivity index (χ4v) is 4.51. The summed E-state index contributed by atoms with van der Waals surface area (Å²) in [5.41, 5.74) is 3.28. The Morgan fingerprint density at radius 1 is 1.00 bits per heavy atom. The van der Waals surface area contributed by atoms with Gasteiger partial charge >= 0.3 is 0 Å². The number of benzene rings is 1. The molecule has 0 amide bonds. The molecule has 106 valence electrons. The molecule has 0 saturated carbocycles. The van der Waals surface area contributed by atoms with Crippen molar-refractivity contribution in [2.75, 3.05) is 0 Å². The number of fused-ring (bicyclic) bond motifs is 1. The highest BCUT2D eigenvalue weighted by Crippen LogP contribution is 2.60. The molecule has 0 aliphatic heterocycles. The second-order valence-corrected chi connectivity index (χ2v) is 8.13. The standard InChI is InChI=1S/C18H27F/c1-12-8-9-14-13(15(12)19)10-11-18(14,16(2,3)4)17(5,6)7/h8-9H,10-11H2,1-7H3. The molecule has 0 radical (unpaired) electrons. The summed E-state index contributed by atoms with van der Waals surface area (Å²) in [5, 5.41) is 0. The Kier molecular flexibility index (Phi) is 3.12. The van der Waals surface area contributed by atoms with Crippen LogP contribution in [-0.2, 0) is 11.8 Å². The lowest BCUT2D eigenvalue weighted by atomic mass is 9.51. The largest absolute Gasteiger partial charge is 0.206 e. The SMILES string of the molecule is Cc1ccc2c(c1F)CCC2(C(C)(C)C)C(C)(C)C. The van der Waals surface area contributed by atoms with Gasteiger partial charge in [0.05, 0.1) is 0 Å². The second kappa shape index (κ2) is 4.07. The summed E-state index contributed by atoms with van der Waals surface area (Å²) in [6.45, 7) is 15.6. The minimum Gasteiger partial charge on any atom is -0.206 e. The molecule has 0 N–H and O–H groups in total. The van der Waals surface area contributed by atoms with Crippen molar-refractivity contribution in [3.8, 4) is 0 Å². The molecule has 0 bridgehead atoms. The zero-order valence-corrected chi connectivity index (χ0v) is 13.4. The lowest BCUT2D eigenvalue weighted by molar-refractivity contribution is 0.0525. The van der Waals surface area contributed by atoms with Crippen molar-refractivity contribution in [1.29, 1.82) is 0 Å². The summed E-state index contributed by atoms with van der Waals surface area (Å²) >= 11 is 0. The van der Waals surface area contributed by atoms with E-state index in [0.717, 1.165) is 24.0 Å². The first-order valence-electron chi connectivity index (χ1n) is 7.31. The van der Waals surface area contributed by atoms with E-state index < -0.39 is 0 Å². The van der Waals surface area contributed by atoms with Crippen LogP contribution >= 0.6 is 0 Å². The van der Waals surface area contributed by atoms with Gasteiger partial charge in [-0.3, -0.25) is 0 Å². The average molecular weight is 262 g/mol. The average Bonchev–Trinajstić information content (AvgIpc) is 2.62. The van der Waals surface area contributed by atoms with Crippen molar-refractivity contribution in [3.05, 3.63) is 34.6 Å². The molecule has 1 aromatic rings. The highest BCUT2D eigenvalue weighted by Gasteiger charge is 2.55. The normalized spacial score (nSPS) is 18.5. The van der Waals surface area contributed by atoms with Crippen molar-refractivity contribution < 1.29 is 4.39 Å². The van der Waals surface area contributed by atoms with Crippen LogP contribution in [0.5, 0.6) is 0 Å². The maximum atomic E-state index is 14.4. The van der Waals surface area contributed by atoms with Crippen LogP contribution in [0.4, 0.5) is 4.39 Å². The van der Waals surface area contributed by atoms with Crippen LogP contribution in [0.15, 0.2) is 12.1 Å². The van der Waals surface area contributed by atoms with Crippen LogP contribution in [0.25, 0.3) is 0 Å². The van der Waals surface area contributed by atoms with E-state index in [1.807, 2.05) is 13.0 Å². The first-order valence-corrected chi connectivity index (χ1v) is 7.31. The van der Waals surface area contributed by atoms with Gasteiger partial charge in [0.1, 0.15) is 5.82 Å². The second-order valence-electron chi connectivity index (χ2n) is 8.13. The molecule has 1 aliphatic rings. The van der Waals surface area contributed by atoms with Crippen molar-refractivity contribution in [1.82, 2.24) is 0 Å². The Morgan fingerprint density at radius 2 is 1.53 bits per heavy atom. The molecule has 0 fully saturated rings. The molecule has 0 nitrogen and oxygen atoms in total. The molecule has 0 unspecified atom stereocenters. The van der Waals surface area contributed by atoms with Gasteiger partial charge in [0, 0.05) is 5.41 Å². The molecule has 1 heteroatoms. The highest BCUT2D eigenvalue weighted by atomic mass is 19.1. The summed E-state index contributed by atoms with van der Waals surface area (Å²) in [6.07, 6.45) is 1.92. The van der Waals surface area contributed by atoms with Crippen LogP contribution < -0.4 is 0 Å². The first kappa shape index (κ1) is 14.6. The van der Waals surface area contributed by atoms with Gasteiger partial charge in [-0.05, 0) is 47.3 Å². The van der Waals surface area contributed by atoms with Crippen LogP contribution in [0.1, 0.15) is 64.7 Å². The lowest BCUT2D eigenvalue weighted by Crippen LogP contribution is -2.48. The summed E-state index contributed by atoms with van der Waals surface area (Å²) in [4.78, 5) is 0. The molecule has 2 rings (SSSR count). The molecule has 0 spiro atoms. The highest BCUT2D eigenvalue weighted by molar-refractivity contribution is 5.45. The lowest BCUT2D eigenvalue weighted by Gasteiger charge is -2.52. The molecule has 1 aromatic carbocycles. The van der Waals surface area contributed by atoms with Gasteiger partial charge in [0.2, 0.25) is 0 Å².